The van der Waals surface area contributed by atoms with E-state index in [2.05, 4.69) is 68.8 Å². The first-order valence-corrected chi connectivity index (χ1v) is 22.3. The van der Waals surface area contributed by atoms with Crippen molar-refractivity contribution < 1.29 is 19.2 Å². The Balaban J connectivity index is 0.733. The smallest absolute Gasteiger partial charge is 0.255 e. The van der Waals surface area contributed by atoms with Crippen LogP contribution in [0.15, 0.2) is 48.5 Å². The van der Waals surface area contributed by atoms with Crippen molar-refractivity contribution in [2.75, 3.05) is 50.7 Å². The van der Waals surface area contributed by atoms with Gasteiger partial charge in [-0.05, 0) is 98.0 Å². The van der Waals surface area contributed by atoms with Crippen molar-refractivity contribution in [3.63, 3.8) is 0 Å². The number of nitrogens with one attached hydrogen (secondary N) is 2. The highest BCUT2D eigenvalue weighted by Crippen LogP contribution is 2.46. The minimum absolute atomic E-state index is 0.0773. The Labute approximate surface area is 353 Å². The van der Waals surface area contributed by atoms with Crippen LogP contribution in [0.5, 0.6) is 0 Å². The standard InChI is InChI=1S/C49H57N7O4/c1-5-31-27-37-39(49(2,3)46-44(45(37)58)36-15-14-33(50-4)28-40(36)51-46)29-42(31)55-21-18-34(19-22-55)54-25-23-53(24-26-54)20-9-7-6-8-11-32-12-10-13-35-38(32)30-56(48(35)60)41-16-17-43(57)52-47(41)59/h10,12-15,27-29,34,41,51H,5-9,11,16-26,30H2,1-3H3,(H,52,57,59). The third-order valence-corrected chi connectivity index (χ3v) is 14.4. The van der Waals surface area contributed by atoms with Crippen molar-refractivity contribution in [3.8, 4) is 0 Å². The molecule has 1 aliphatic carbocycles. The topological polar surface area (TPSA) is 113 Å². The summed E-state index contributed by atoms with van der Waals surface area (Å²) in [5.74, 6) is -0.648. The summed E-state index contributed by atoms with van der Waals surface area (Å²) in [6.07, 6.45) is 9.36. The van der Waals surface area contributed by atoms with E-state index in [0.29, 0.717) is 30.3 Å². The highest BCUT2D eigenvalue weighted by atomic mass is 16.2. The van der Waals surface area contributed by atoms with Crippen LogP contribution >= 0.6 is 0 Å². The highest BCUT2D eigenvalue weighted by molar-refractivity contribution is 6.20. The van der Waals surface area contributed by atoms with Gasteiger partial charge in [-0.15, -0.1) is 0 Å². The summed E-state index contributed by atoms with van der Waals surface area (Å²) in [5, 5.41) is 3.29. The summed E-state index contributed by atoms with van der Waals surface area (Å²) in [6.45, 7) is 22.2. The van der Waals surface area contributed by atoms with Crippen LogP contribution in [0.2, 0.25) is 0 Å². The third-order valence-electron chi connectivity index (χ3n) is 14.4. The van der Waals surface area contributed by atoms with Gasteiger partial charge in [0.25, 0.3) is 5.91 Å². The summed E-state index contributed by atoms with van der Waals surface area (Å²) >= 11 is 0. The lowest BCUT2D eigenvalue weighted by Crippen LogP contribution is -2.53. The second-order valence-electron chi connectivity index (χ2n) is 18.2. The van der Waals surface area contributed by atoms with Gasteiger partial charge in [0.2, 0.25) is 11.8 Å². The number of imide groups is 1. The number of aromatic nitrogens is 1. The number of benzene rings is 3. The molecule has 0 radical (unpaired) electrons. The van der Waals surface area contributed by atoms with Gasteiger partial charge in [0, 0.05) is 97.1 Å². The van der Waals surface area contributed by atoms with Gasteiger partial charge < -0.3 is 19.7 Å². The molecule has 4 aliphatic heterocycles. The van der Waals surface area contributed by atoms with Gasteiger partial charge >= 0.3 is 0 Å². The molecule has 11 nitrogen and oxygen atoms in total. The minimum atomic E-state index is -0.575. The fourth-order valence-corrected chi connectivity index (χ4v) is 10.9. The summed E-state index contributed by atoms with van der Waals surface area (Å²) < 4.78 is 0. The Morgan fingerprint density at radius 3 is 2.38 bits per heavy atom. The van der Waals surface area contributed by atoms with Gasteiger partial charge in [-0.1, -0.05) is 57.9 Å². The van der Waals surface area contributed by atoms with E-state index in [1.165, 1.54) is 29.7 Å². The number of hydrogen-bond donors (Lipinski definition) is 2. The fourth-order valence-electron chi connectivity index (χ4n) is 10.9. The molecule has 11 heteroatoms. The van der Waals surface area contributed by atoms with E-state index in [9.17, 15) is 19.2 Å². The van der Waals surface area contributed by atoms with E-state index in [1.807, 2.05) is 24.3 Å². The van der Waals surface area contributed by atoms with E-state index in [1.54, 1.807) is 11.0 Å². The number of carbonyl (C=O) groups is 4. The number of hydrogen-bond acceptors (Lipinski definition) is 7. The first kappa shape index (κ1) is 40.1. The largest absolute Gasteiger partial charge is 0.371 e. The molecule has 9 rings (SSSR count). The number of aryl methyl sites for hydroxylation is 2. The molecule has 0 bridgehead atoms. The SMILES string of the molecule is [C-]#[N+]c1ccc2c3c([nH]c2c1)C(C)(C)c1cc(N2CCC(N4CCN(CCCCCCc5cccc6c5CN(C5CCC(=O)NC5=O)C6=O)CC4)CC2)c(CC)cc1C3=O. The van der Waals surface area contributed by atoms with Crippen LogP contribution in [-0.2, 0) is 34.4 Å². The first-order chi connectivity index (χ1) is 29.0. The lowest BCUT2D eigenvalue weighted by atomic mass is 9.70. The minimum Gasteiger partial charge on any atom is -0.371 e. The van der Waals surface area contributed by atoms with Crippen molar-refractivity contribution in [1.29, 1.82) is 0 Å². The Morgan fingerprint density at radius 1 is 0.850 bits per heavy atom. The van der Waals surface area contributed by atoms with Crippen molar-refractivity contribution in [1.82, 2.24) is 25.0 Å². The second kappa shape index (κ2) is 16.3. The van der Waals surface area contributed by atoms with Gasteiger partial charge in [-0.2, -0.15) is 0 Å². The zero-order valence-corrected chi connectivity index (χ0v) is 35.4. The van der Waals surface area contributed by atoms with Crippen LogP contribution in [0, 0.1) is 6.57 Å². The average Bonchev–Trinajstić information content (AvgIpc) is 3.82. The molecule has 5 heterocycles. The molecule has 5 aliphatic rings. The van der Waals surface area contributed by atoms with E-state index < -0.39 is 6.04 Å². The molecule has 60 heavy (non-hydrogen) atoms. The van der Waals surface area contributed by atoms with Crippen LogP contribution in [0.4, 0.5) is 11.4 Å². The van der Waals surface area contributed by atoms with Gasteiger partial charge in [0.05, 0.1) is 12.1 Å². The van der Waals surface area contributed by atoms with Crippen molar-refractivity contribution in [2.24, 2.45) is 0 Å². The number of rotatable bonds is 11. The molecule has 1 aromatic heterocycles. The monoisotopic (exact) mass is 807 g/mol. The molecule has 1 atom stereocenters. The van der Waals surface area contributed by atoms with Crippen molar-refractivity contribution in [3.05, 3.63) is 105 Å². The summed E-state index contributed by atoms with van der Waals surface area (Å²) in [6, 6.07) is 16.1. The maximum absolute atomic E-state index is 14.1. The Bertz CT molecular complexity index is 2410. The van der Waals surface area contributed by atoms with E-state index >= 15 is 0 Å². The number of amides is 3. The number of ketones is 1. The van der Waals surface area contributed by atoms with Crippen LogP contribution in [0.3, 0.4) is 0 Å². The number of piperazine rings is 1. The number of aromatic amines is 1. The predicted molar refractivity (Wildman–Crippen MR) is 234 cm³/mol. The van der Waals surface area contributed by atoms with Gasteiger partial charge in [-0.3, -0.25) is 29.4 Å². The molecule has 312 valence electrons. The lowest BCUT2D eigenvalue weighted by Gasteiger charge is -2.44. The zero-order chi connectivity index (χ0) is 41.7. The molecule has 3 saturated heterocycles. The third kappa shape index (κ3) is 7.21. The molecule has 0 saturated carbocycles. The molecular formula is C49H57N7O4. The number of carbonyl (C=O) groups excluding carboxylic acids is 4. The van der Waals surface area contributed by atoms with Gasteiger partial charge in [0.1, 0.15) is 6.04 Å². The zero-order valence-electron chi connectivity index (χ0n) is 35.4. The van der Waals surface area contributed by atoms with Gasteiger partial charge in [-0.25, -0.2) is 4.85 Å². The van der Waals surface area contributed by atoms with E-state index in [-0.39, 0.29) is 35.3 Å². The molecule has 3 amide bonds. The number of nitrogens with zero attached hydrogens (tertiary/aromatic N) is 5. The summed E-state index contributed by atoms with van der Waals surface area (Å²) in [7, 11) is 0. The number of anilines is 1. The predicted octanol–water partition coefficient (Wildman–Crippen LogP) is 7.30. The average molecular weight is 808 g/mol. The van der Waals surface area contributed by atoms with Gasteiger partial charge in [0.15, 0.2) is 11.5 Å². The number of H-pyrrole nitrogens is 1. The molecule has 4 aromatic rings. The molecule has 3 fully saturated rings. The second-order valence-corrected chi connectivity index (χ2v) is 18.2. The molecule has 1 unspecified atom stereocenters. The Kier molecular flexibility index (Phi) is 10.9. The van der Waals surface area contributed by atoms with Crippen LogP contribution < -0.4 is 10.2 Å². The van der Waals surface area contributed by atoms with E-state index in [4.69, 9.17) is 6.57 Å². The maximum atomic E-state index is 14.1. The lowest BCUT2D eigenvalue weighted by molar-refractivity contribution is -0.136. The number of fused-ring (bicyclic) bond motifs is 5. The van der Waals surface area contributed by atoms with Crippen LogP contribution in [0.1, 0.15) is 126 Å². The maximum Gasteiger partial charge on any atom is 0.255 e. The normalized spacial score (nSPS) is 20.9. The molecular weight excluding hydrogens is 751 g/mol. The molecule has 3 aromatic carbocycles. The van der Waals surface area contributed by atoms with Crippen molar-refractivity contribution >= 4 is 45.8 Å². The summed E-state index contributed by atoms with van der Waals surface area (Å²) in [5.41, 5.74) is 10.1. The molecule has 0 spiro atoms. The van der Waals surface area contributed by atoms with E-state index in [0.717, 1.165) is 123 Å². The number of piperidine rings is 2. The Hall–Kier alpha value is -5.31. The van der Waals surface area contributed by atoms with Crippen molar-refractivity contribution in [2.45, 2.75) is 109 Å². The number of unbranched alkanes of at least 4 members (excludes halogenated alkanes) is 3. The quantitative estimate of drug-likeness (QED) is 0.0930. The fraction of sp³-hybridized carbons (Fsp3) is 0.490. The molecule has 2 N–H and O–H groups in total. The van der Waals surface area contributed by atoms with Crippen LogP contribution in [-0.4, -0.2) is 101 Å². The highest BCUT2D eigenvalue weighted by Gasteiger charge is 2.42. The van der Waals surface area contributed by atoms with Crippen LogP contribution in [0.25, 0.3) is 15.7 Å². The first-order valence-electron chi connectivity index (χ1n) is 22.3. The Morgan fingerprint density at radius 2 is 1.63 bits per heavy atom. The summed E-state index contributed by atoms with van der Waals surface area (Å²) in [4.78, 5) is 68.2.